The van der Waals surface area contributed by atoms with E-state index in [1.54, 1.807) is 25.3 Å². The highest BCUT2D eigenvalue weighted by Gasteiger charge is 2.21. The summed E-state index contributed by atoms with van der Waals surface area (Å²) in [7, 11) is 1.60. The maximum absolute atomic E-state index is 11.9. The third kappa shape index (κ3) is 4.35. The van der Waals surface area contributed by atoms with Crippen LogP contribution in [0.1, 0.15) is 0 Å². The van der Waals surface area contributed by atoms with E-state index in [-0.39, 0.29) is 24.4 Å². The van der Waals surface area contributed by atoms with Gasteiger partial charge in [-0.15, -0.1) is 12.4 Å². The molecule has 2 rings (SSSR count). The Hall–Kier alpha value is -0.820. The molecule has 0 saturated carbocycles. The molecule has 0 radical (unpaired) electrons. The fourth-order valence-electron chi connectivity index (χ4n) is 1.71. The van der Waals surface area contributed by atoms with Crippen LogP contribution in [0.3, 0.4) is 0 Å². The van der Waals surface area contributed by atoms with Gasteiger partial charge in [0.05, 0.1) is 24.8 Å². The second-order valence-electron chi connectivity index (χ2n) is 3.92. The Kier molecular flexibility index (Phi) is 6.57. The van der Waals surface area contributed by atoms with Gasteiger partial charge in [-0.25, -0.2) is 0 Å². The molecule has 19 heavy (non-hydrogen) atoms. The number of ether oxygens (including phenoxy) is 2. The van der Waals surface area contributed by atoms with Crippen LogP contribution < -0.4 is 15.4 Å². The van der Waals surface area contributed by atoms with E-state index >= 15 is 0 Å². The molecule has 0 bridgehead atoms. The van der Waals surface area contributed by atoms with Crippen molar-refractivity contribution in [1.82, 2.24) is 5.32 Å². The van der Waals surface area contributed by atoms with Crippen LogP contribution >= 0.6 is 28.3 Å². The van der Waals surface area contributed by atoms with E-state index in [2.05, 4.69) is 26.6 Å². The highest BCUT2D eigenvalue weighted by molar-refractivity contribution is 9.10. The number of benzene rings is 1. The molecule has 1 atom stereocenters. The number of hydrogen-bond donors (Lipinski definition) is 2. The summed E-state index contributed by atoms with van der Waals surface area (Å²) in [6.45, 7) is 1.76. The molecule has 1 aliphatic rings. The zero-order valence-corrected chi connectivity index (χ0v) is 12.8. The summed E-state index contributed by atoms with van der Waals surface area (Å²) in [4.78, 5) is 11.9. The molecule has 1 fully saturated rings. The highest BCUT2D eigenvalue weighted by Crippen LogP contribution is 2.27. The normalized spacial score (nSPS) is 18.3. The van der Waals surface area contributed by atoms with Crippen LogP contribution in [-0.2, 0) is 9.53 Å². The van der Waals surface area contributed by atoms with Crippen molar-refractivity contribution in [2.45, 2.75) is 6.04 Å². The number of nitrogens with one attached hydrogen (secondary N) is 2. The molecular formula is C12H16BrClN2O3. The zero-order valence-electron chi connectivity index (χ0n) is 10.4. The number of amides is 1. The molecule has 0 aromatic heterocycles. The largest absolute Gasteiger partial charge is 0.496 e. The van der Waals surface area contributed by atoms with Gasteiger partial charge < -0.3 is 20.1 Å². The topological polar surface area (TPSA) is 59.6 Å². The van der Waals surface area contributed by atoms with Crippen LogP contribution in [0.15, 0.2) is 22.7 Å². The Labute approximate surface area is 126 Å². The van der Waals surface area contributed by atoms with Crippen LogP contribution in [0.25, 0.3) is 0 Å². The number of hydrogen-bond acceptors (Lipinski definition) is 4. The molecule has 5 nitrogen and oxygen atoms in total. The van der Waals surface area contributed by atoms with Crippen molar-refractivity contribution in [3.63, 3.8) is 0 Å². The average molecular weight is 352 g/mol. The molecule has 1 saturated heterocycles. The van der Waals surface area contributed by atoms with E-state index in [4.69, 9.17) is 9.47 Å². The van der Waals surface area contributed by atoms with Gasteiger partial charge in [0.1, 0.15) is 11.8 Å². The first kappa shape index (κ1) is 16.2. The predicted molar refractivity (Wildman–Crippen MR) is 79.2 cm³/mol. The second-order valence-corrected chi connectivity index (χ2v) is 4.77. The van der Waals surface area contributed by atoms with E-state index in [0.29, 0.717) is 19.8 Å². The summed E-state index contributed by atoms with van der Waals surface area (Å²) in [5, 5.41) is 5.94. The van der Waals surface area contributed by atoms with Gasteiger partial charge in [-0.2, -0.15) is 0 Å². The number of rotatable bonds is 3. The minimum atomic E-state index is -0.292. The van der Waals surface area contributed by atoms with E-state index < -0.39 is 0 Å². The van der Waals surface area contributed by atoms with Crippen LogP contribution in [0.4, 0.5) is 5.69 Å². The molecule has 0 spiro atoms. The van der Waals surface area contributed by atoms with E-state index in [9.17, 15) is 4.79 Å². The second kappa shape index (κ2) is 7.69. The van der Waals surface area contributed by atoms with Gasteiger partial charge in [-0.3, -0.25) is 4.79 Å². The first-order valence-corrected chi connectivity index (χ1v) is 6.45. The molecule has 1 aliphatic heterocycles. The van der Waals surface area contributed by atoms with Crippen molar-refractivity contribution in [3.8, 4) is 5.75 Å². The molecule has 1 unspecified atom stereocenters. The Morgan fingerprint density at radius 2 is 2.37 bits per heavy atom. The number of anilines is 1. The fraction of sp³-hybridized carbons (Fsp3) is 0.417. The summed E-state index contributed by atoms with van der Waals surface area (Å²) < 4.78 is 11.2. The quantitative estimate of drug-likeness (QED) is 0.872. The fourth-order valence-corrected chi connectivity index (χ4v) is 2.25. The number of carbonyl (C=O) groups is 1. The van der Waals surface area contributed by atoms with Gasteiger partial charge in [-0.05, 0) is 34.1 Å². The first-order chi connectivity index (χ1) is 8.70. The minimum absolute atomic E-state index is 0. The Morgan fingerprint density at radius 1 is 1.58 bits per heavy atom. The monoisotopic (exact) mass is 350 g/mol. The lowest BCUT2D eigenvalue weighted by atomic mass is 10.2. The Morgan fingerprint density at radius 3 is 2.95 bits per heavy atom. The van der Waals surface area contributed by atoms with Crippen LogP contribution in [0, 0.1) is 0 Å². The molecule has 1 heterocycles. The smallest absolute Gasteiger partial charge is 0.243 e. The van der Waals surface area contributed by atoms with Crippen molar-refractivity contribution in [1.29, 1.82) is 0 Å². The van der Waals surface area contributed by atoms with Crippen LogP contribution in [0.2, 0.25) is 0 Å². The minimum Gasteiger partial charge on any atom is -0.496 e. The standard InChI is InChI=1S/C12H15BrN2O3.ClH/c1-17-11-3-2-8(6-9(11)13)15-12(16)10-7-18-5-4-14-10;/h2-3,6,10,14H,4-5,7H2,1H3,(H,15,16);1H. The lowest BCUT2D eigenvalue weighted by Crippen LogP contribution is -2.48. The summed E-state index contributed by atoms with van der Waals surface area (Å²) in [5.74, 6) is 0.638. The number of halogens is 2. The predicted octanol–water partition coefficient (Wildman–Crippen LogP) is 1.81. The van der Waals surface area contributed by atoms with Crippen molar-refractivity contribution < 1.29 is 14.3 Å². The Balaban J connectivity index is 0.00000180. The van der Waals surface area contributed by atoms with E-state index in [0.717, 1.165) is 15.9 Å². The van der Waals surface area contributed by atoms with Crippen molar-refractivity contribution in [3.05, 3.63) is 22.7 Å². The lowest BCUT2D eigenvalue weighted by molar-refractivity contribution is -0.120. The number of carbonyl (C=O) groups excluding carboxylic acids is 1. The molecule has 106 valence electrons. The summed E-state index contributed by atoms with van der Waals surface area (Å²) >= 11 is 3.38. The van der Waals surface area contributed by atoms with Gasteiger partial charge in [0.15, 0.2) is 0 Å². The van der Waals surface area contributed by atoms with Crippen molar-refractivity contribution >= 4 is 39.9 Å². The molecule has 2 N–H and O–H groups in total. The summed E-state index contributed by atoms with van der Waals surface area (Å²) in [6.07, 6.45) is 0. The molecule has 1 aromatic carbocycles. The first-order valence-electron chi connectivity index (χ1n) is 5.66. The molecule has 1 aromatic rings. The SMILES string of the molecule is COc1ccc(NC(=O)C2COCCN2)cc1Br.Cl. The zero-order chi connectivity index (χ0) is 13.0. The van der Waals surface area contributed by atoms with Crippen LogP contribution in [-0.4, -0.2) is 38.8 Å². The van der Waals surface area contributed by atoms with E-state index in [1.807, 2.05) is 0 Å². The average Bonchev–Trinajstić information content (AvgIpc) is 2.40. The van der Waals surface area contributed by atoms with Crippen molar-refractivity contribution in [2.24, 2.45) is 0 Å². The van der Waals surface area contributed by atoms with Gasteiger partial charge in [0, 0.05) is 12.2 Å². The Bertz CT molecular complexity index is 439. The highest BCUT2D eigenvalue weighted by atomic mass is 79.9. The van der Waals surface area contributed by atoms with Gasteiger partial charge in [0.25, 0.3) is 0 Å². The summed E-state index contributed by atoms with van der Waals surface area (Å²) in [6, 6.07) is 5.11. The van der Waals surface area contributed by atoms with Crippen molar-refractivity contribution in [2.75, 3.05) is 32.2 Å². The maximum Gasteiger partial charge on any atom is 0.243 e. The van der Waals surface area contributed by atoms with E-state index in [1.165, 1.54) is 0 Å². The molecular weight excluding hydrogens is 336 g/mol. The lowest BCUT2D eigenvalue weighted by Gasteiger charge is -2.23. The third-order valence-corrected chi connectivity index (χ3v) is 3.28. The molecule has 7 heteroatoms. The number of morpholine rings is 1. The van der Waals surface area contributed by atoms with Gasteiger partial charge >= 0.3 is 0 Å². The summed E-state index contributed by atoms with van der Waals surface area (Å²) in [5.41, 5.74) is 0.722. The van der Waals surface area contributed by atoms with Crippen LogP contribution in [0.5, 0.6) is 5.75 Å². The van der Waals surface area contributed by atoms with Gasteiger partial charge in [0.2, 0.25) is 5.91 Å². The molecule has 1 amide bonds. The van der Waals surface area contributed by atoms with Gasteiger partial charge in [-0.1, -0.05) is 0 Å². The number of methoxy groups -OCH3 is 1. The third-order valence-electron chi connectivity index (χ3n) is 2.66. The molecule has 0 aliphatic carbocycles. The maximum atomic E-state index is 11.9.